The first-order valence-corrected chi connectivity index (χ1v) is 13.0. The van der Waals surface area contributed by atoms with Crippen molar-refractivity contribution in [3.05, 3.63) is 65.9 Å². The fraction of sp³-hybridized carbons (Fsp3) is 0.433. The van der Waals surface area contributed by atoms with Crippen molar-refractivity contribution in [1.82, 2.24) is 19.7 Å². The molecule has 0 unspecified atom stereocenters. The molecule has 1 N–H and O–H groups in total. The van der Waals surface area contributed by atoms with Crippen LogP contribution in [0.3, 0.4) is 0 Å². The summed E-state index contributed by atoms with van der Waals surface area (Å²) in [5.41, 5.74) is 1.94. The highest BCUT2D eigenvalue weighted by molar-refractivity contribution is 5.97. The quantitative estimate of drug-likeness (QED) is 0.421. The van der Waals surface area contributed by atoms with Gasteiger partial charge in [-0.2, -0.15) is 0 Å². The lowest BCUT2D eigenvalue weighted by molar-refractivity contribution is -0.131. The smallest absolute Gasteiger partial charge is 0.408 e. The molecular formula is C30H40N4O5. The maximum absolute atomic E-state index is 13.5. The van der Waals surface area contributed by atoms with Gasteiger partial charge in [0.05, 0.1) is 12.6 Å². The number of nitrogens with zero attached hydrogens (tertiary/aromatic N) is 3. The molecule has 39 heavy (non-hydrogen) atoms. The SMILES string of the molecule is COc1ccc2c(c1)c(CCN(C)C)cn2C(=O)CN(C)C(=O)[C@H](Cc1ccccc1)NC(=O)OC(C)(C)C. The van der Waals surface area contributed by atoms with Crippen molar-refractivity contribution in [2.24, 2.45) is 0 Å². The number of hydrogen-bond donors (Lipinski definition) is 1. The summed E-state index contributed by atoms with van der Waals surface area (Å²) in [5.74, 6) is 0.0694. The molecule has 0 spiro atoms. The van der Waals surface area contributed by atoms with Crippen LogP contribution >= 0.6 is 0 Å². The van der Waals surface area contributed by atoms with Gasteiger partial charge in [0.25, 0.3) is 5.91 Å². The molecule has 0 aliphatic heterocycles. The van der Waals surface area contributed by atoms with Gasteiger partial charge in [0.2, 0.25) is 5.91 Å². The van der Waals surface area contributed by atoms with E-state index in [0.717, 1.165) is 35.0 Å². The zero-order chi connectivity index (χ0) is 28.7. The van der Waals surface area contributed by atoms with E-state index in [0.29, 0.717) is 5.75 Å². The van der Waals surface area contributed by atoms with Gasteiger partial charge in [-0.15, -0.1) is 0 Å². The van der Waals surface area contributed by atoms with Crippen LogP contribution in [-0.2, 0) is 22.4 Å². The normalized spacial score (nSPS) is 12.3. The Labute approximate surface area is 230 Å². The summed E-state index contributed by atoms with van der Waals surface area (Å²) in [6, 6.07) is 14.1. The van der Waals surface area contributed by atoms with Crippen molar-refractivity contribution in [2.45, 2.75) is 45.3 Å². The molecule has 1 atom stereocenters. The molecule has 9 heteroatoms. The Morgan fingerprint density at radius 3 is 2.33 bits per heavy atom. The van der Waals surface area contributed by atoms with E-state index in [9.17, 15) is 14.4 Å². The largest absolute Gasteiger partial charge is 0.497 e. The van der Waals surface area contributed by atoms with E-state index in [1.807, 2.05) is 68.8 Å². The number of nitrogens with one attached hydrogen (secondary N) is 1. The van der Waals surface area contributed by atoms with Gasteiger partial charge in [-0.3, -0.25) is 14.2 Å². The van der Waals surface area contributed by atoms with E-state index in [4.69, 9.17) is 9.47 Å². The summed E-state index contributed by atoms with van der Waals surface area (Å²) in [7, 11) is 7.18. The van der Waals surface area contributed by atoms with Crippen molar-refractivity contribution in [3.63, 3.8) is 0 Å². The molecule has 0 saturated heterocycles. The lowest BCUT2D eigenvalue weighted by Crippen LogP contribution is -2.51. The van der Waals surface area contributed by atoms with Crippen molar-refractivity contribution >= 4 is 28.8 Å². The fourth-order valence-corrected chi connectivity index (χ4v) is 4.28. The van der Waals surface area contributed by atoms with Crippen LogP contribution in [0.2, 0.25) is 0 Å². The first-order chi connectivity index (χ1) is 18.4. The molecule has 0 fully saturated rings. The number of methoxy groups -OCH3 is 1. The number of likely N-dealkylation sites (N-methyl/N-ethyl adjacent to an activating group) is 2. The van der Waals surface area contributed by atoms with Crippen LogP contribution in [0.4, 0.5) is 4.79 Å². The van der Waals surface area contributed by atoms with E-state index < -0.39 is 17.7 Å². The molecule has 3 rings (SSSR count). The highest BCUT2D eigenvalue weighted by atomic mass is 16.6. The zero-order valence-electron chi connectivity index (χ0n) is 24.0. The molecule has 0 radical (unpaired) electrons. The Bertz CT molecular complexity index is 1290. The van der Waals surface area contributed by atoms with E-state index in [2.05, 4.69) is 10.2 Å². The number of amides is 2. The molecule has 1 aromatic heterocycles. The number of fused-ring (bicyclic) bond motifs is 1. The fourth-order valence-electron chi connectivity index (χ4n) is 4.28. The highest BCUT2D eigenvalue weighted by Crippen LogP contribution is 2.27. The average molecular weight is 537 g/mol. The Balaban J connectivity index is 1.83. The highest BCUT2D eigenvalue weighted by Gasteiger charge is 2.28. The van der Waals surface area contributed by atoms with Crippen LogP contribution < -0.4 is 10.1 Å². The molecule has 0 saturated carbocycles. The lowest BCUT2D eigenvalue weighted by Gasteiger charge is -2.26. The minimum absolute atomic E-state index is 0.164. The van der Waals surface area contributed by atoms with Gasteiger partial charge >= 0.3 is 6.09 Å². The maximum Gasteiger partial charge on any atom is 0.408 e. The van der Waals surface area contributed by atoms with E-state index in [-0.39, 0.29) is 24.8 Å². The zero-order valence-corrected chi connectivity index (χ0v) is 24.0. The van der Waals surface area contributed by atoms with Crippen molar-refractivity contribution in [3.8, 4) is 5.75 Å². The van der Waals surface area contributed by atoms with E-state index >= 15 is 0 Å². The van der Waals surface area contributed by atoms with Crippen molar-refractivity contribution in [2.75, 3.05) is 41.3 Å². The molecule has 0 aliphatic carbocycles. The second kappa shape index (κ2) is 12.8. The number of benzene rings is 2. The Hall–Kier alpha value is -3.85. The number of rotatable bonds is 10. The van der Waals surface area contributed by atoms with Gasteiger partial charge in [-0.05, 0) is 70.6 Å². The predicted octanol–water partition coefficient (Wildman–Crippen LogP) is 3.99. The molecule has 9 nitrogen and oxygen atoms in total. The summed E-state index contributed by atoms with van der Waals surface area (Å²) in [6.07, 6.45) is 2.17. The topological polar surface area (TPSA) is 93.1 Å². The standard InChI is InChI=1S/C30H40N4O5/c1-30(2,3)39-29(37)31-25(17-21-11-9-8-10-12-21)28(36)33(6)20-27(35)34-19-22(15-16-32(4)5)24-18-23(38-7)13-14-26(24)34/h8-14,18-19,25H,15-17,20H2,1-7H3,(H,31,37)/t25-/m0/s1. The van der Waals surface area contributed by atoms with Crippen LogP contribution in [0.25, 0.3) is 10.9 Å². The Morgan fingerprint density at radius 1 is 1.03 bits per heavy atom. The summed E-state index contributed by atoms with van der Waals surface area (Å²) < 4.78 is 12.4. The van der Waals surface area contributed by atoms with Crippen LogP contribution in [0, 0.1) is 0 Å². The monoisotopic (exact) mass is 536 g/mol. The third-order valence-corrected chi connectivity index (χ3v) is 6.21. The maximum atomic E-state index is 13.5. The molecular weight excluding hydrogens is 496 g/mol. The number of ether oxygens (including phenoxy) is 2. The second-order valence-corrected chi connectivity index (χ2v) is 10.9. The Morgan fingerprint density at radius 2 is 1.72 bits per heavy atom. The molecule has 3 aromatic rings. The summed E-state index contributed by atoms with van der Waals surface area (Å²) in [6.45, 7) is 5.93. The molecule has 2 aromatic carbocycles. The number of aromatic nitrogens is 1. The lowest BCUT2D eigenvalue weighted by atomic mass is 10.0. The van der Waals surface area contributed by atoms with Gasteiger partial charge in [-0.1, -0.05) is 30.3 Å². The first kappa shape index (κ1) is 29.7. The van der Waals surface area contributed by atoms with E-state index in [1.165, 1.54) is 4.90 Å². The second-order valence-electron chi connectivity index (χ2n) is 10.9. The molecule has 0 bridgehead atoms. The minimum Gasteiger partial charge on any atom is -0.497 e. The van der Waals surface area contributed by atoms with Gasteiger partial charge in [0.1, 0.15) is 23.9 Å². The minimum atomic E-state index is -0.902. The van der Waals surface area contributed by atoms with Gasteiger partial charge in [0, 0.05) is 31.6 Å². The molecule has 210 valence electrons. The van der Waals surface area contributed by atoms with Gasteiger partial charge in [0.15, 0.2) is 0 Å². The summed E-state index contributed by atoms with van der Waals surface area (Å²) in [4.78, 5) is 43.0. The third kappa shape index (κ3) is 8.32. The Kier molecular flexibility index (Phi) is 9.75. The van der Waals surface area contributed by atoms with Crippen LogP contribution in [-0.4, -0.2) is 85.3 Å². The number of alkyl carbamates (subject to hydrolysis) is 1. The number of carbonyl (C=O) groups excluding carboxylic acids is 3. The summed E-state index contributed by atoms with van der Waals surface area (Å²) in [5, 5.41) is 3.64. The average Bonchev–Trinajstić information content (AvgIpc) is 3.24. The van der Waals surface area contributed by atoms with Gasteiger partial charge < -0.3 is 24.6 Å². The first-order valence-electron chi connectivity index (χ1n) is 13.0. The third-order valence-electron chi connectivity index (χ3n) is 6.21. The summed E-state index contributed by atoms with van der Waals surface area (Å²) >= 11 is 0. The van der Waals surface area contributed by atoms with Crippen molar-refractivity contribution < 1.29 is 23.9 Å². The van der Waals surface area contributed by atoms with Crippen LogP contribution in [0.15, 0.2) is 54.7 Å². The van der Waals surface area contributed by atoms with Crippen molar-refractivity contribution in [1.29, 1.82) is 0 Å². The molecule has 2 amide bonds. The molecule has 0 aliphatic rings. The number of hydrogen-bond acceptors (Lipinski definition) is 6. The van der Waals surface area contributed by atoms with E-state index in [1.54, 1.807) is 39.5 Å². The van der Waals surface area contributed by atoms with Gasteiger partial charge in [-0.25, -0.2) is 4.79 Å². The number of carbonyl (C=O) groups is 3. The predicted molar refractivity (Wildman–Crippen MR) is 152 cm³/mol. The molecule has 1 heterocycles. The van der Waals surface area contributed by atoms with Crippen LogP contribution in [0.1, 0.15) is 36.7 Å². The van der Waals surface area contributed by atoms with Crippen LogP contribution in [0.5, 0.6) is 5.75 Å².